The Kier molecular flexibility index (Phi) is 5.52. The van der Waals surface area contributed by atoms with E-state index in [1.54, 1.807) is 0 Å². The summed E-state index contributed by atoms with van der Waals surface area (Å²) < 4.78 is 5.82. The number of carbonyl (C=O) groups is 2. The van der Waals surface area contributed by atoms with Gasteiger partial charge in [-0.05, 0) is 40.2 Å². The van der Waals surface area contributed by atoms with E-state index in [1.807, 2.05) is 37.5 Å². The second kappa shape index (κ2) is 7.05. The lowest BCUT2D eigenvalue weighted by atomic mass is 9.85. The van der Waals surface area contributed by atoms with Crippen LogP contribution in [0.15, 0.2) is 0 Å². The topological polar surface area (TPSA) is 82.1 Å². The van der Waals surface area contributed by atoms with Gasteiger partial charge in [0.2, 0.25) is 0 Å². The summed E-state index contributed by atoms with van der Waals surface area (Å²) >= 11 is 0. The molecule has 0 radical (unpaired) electrons. The normalized spacial score (nSPS) is 30.0. The number of urea groups is 1. The van der Waals surface area contributed by atoms with Gasteiger partial charge in [-0.2, -0.15) is 0 Å². The van der Waals surface area contributed by atoms with E-state index in [-0.39, 0.29) is 36.4 Å². The number of ether oxygens (including phenoxy) is 1. The summed E-state index contributed by atoms with van der Waals surface area (Å²) in [5, 5.41) is 12.0. The minimum Gasteiger partial charge on any atom is -0.480 e. The van der Waals surface area contributed by atoms with Gasteiger partial charge in [-0.25, -0.2) is 4.79 Å². The highest BCUT2D eigenvalue weighted by Crippen LogP contribution is 2.26. The number of nitrogens with zero attached hydrogens (tertiary/aromatic N) is 2. The quantitative estimate of drug-likeness (QED) is 0.791. The summed E-state index contributed by atoms with van der Waals surface area (Å²) in [4.78, 5) is 27.0. The molecule has 1 saturated carbocycles. The van der Waals surface area contributed by atoms with Crippen LogP contribution in [-0.4, -0.2) is 76.9 Å². The summed E-state index contributed by atoms with van der Waals surface area (Å²) in [6.07, 6.45) is 1.66. The Morgan fingerprint density at radius 2 is 2.04 bits per heavy atom. The molecule has 0 spiro atoms. The molecule has 7 nitrogen and oxygen atoms in total. The largest absolute Gasteiger partial charge is 0.480 e. The Morgan fingerprint density at radius 1 is 1.39 bits per heavy atom. The third-order valence-corrected chi connectivity index (χ3v) is 4.56. The first-order valence-corrected chi connectivity index (χ1v) is 8.39. The fraction of sp³-hybridized carbons (Fsp3) is 0.875. The third kappa shape index (κ3) is 4.81. The first-order valence-electron chi connectivity index (χ1n) is 8.39. The van der Waals surface area contributed by atoms with Crippen LogP contribution in [0.5, 0.6) is 0 Å². The molecule has 0 bridgehead atoms. The van der Waals surface area contributed by atoms with E-state index in [9.17, 15) is 9.59 Å². The number of hydrogen-bond acceptors (Lipinski definition) is 4. The minimum absolute atomic E-state index is 0.0322. The maximum absolute atomic E-state index is 12.4. The first kappa shape index (κ1) is 18.0. The predicted molar refractivity (Wildman–Crippen MR) is 86.4 cm³/mol. The monoisotopic (exact) mass is 327 g/mol. The predicted octanol–water partition coefficient (Wildman–Crippen LogP) is 1.13. The van der Waals surface area contributed by atoms with Crippen LogP contribution >= 0.6 is 0 Å². The van der Waals surface area contributed by atoms with E-state index in [1.165, 1.54) is 0 Å². The number of morpholine rings is 1. The molecule has 7 heteroatoms. The Bertz CT molecular complexity index is 449. The lowest BCUT2D eigenvalue weighted by Gasteiger charge is -2.45. The first-order chi connectivity index (χ1) is 10.7. The fourth-order valence-electron chi connectivity index (χ4n) is 3.55. The van der Waals surface area contributed by atoms with Crippen LogP contribution in [0.25, 0.3) is 0 Å². The van der Waals surface area contributed by atoms with Crippen molar-refractivity contribution in [3.05, 3.63) is 0 Å². The van der Waals surface area contributed by atoms with E-state index in [0.717, 1.165) is 12.8 Å². The van der Waals surface area contributed by atoms with Gasteiger partial charge in [-0.15, -0.1) is 0 Å². The standard InChI is InChI=1S/C16H29N3O4/c1-5-18(9-14(20)21)13-6-12(7-13)17-15(22)19-8-11(2)23-16(3,4)10-19/h11-13H,5-10H2,1-4H3,(H,17,22)(H,20,21). The molecule has 2 amide bonds. The van der Waals surface area contributed by atoms with Gasteiger partial charge in [0, 0.05) is 18.6 Å². The van der Waals surface area contributed by atoms with E-state index in [4.69, 9.17) is 9.84 Å². The van der Waals surface area contributed by atoms with Gasteiger partial charge < -0.3 is 20.1 Å². The van der Waals surface area contributed by atoms with Crippen molar-refractivity contribution in [3.63, 3.8) is 0 Å². The van der Waals surface area contributed by atoms with Crippen molar-refractivity contribution in [1.29, 1.82) is 0 Å². The average Bonchev–Trinajstić information content (AvgIpc) is 2.37. The smallest absolute Gasteiger partial charge is 0.317 e. The Hall–Kier alpha value is -1.34. The molecule has 1 unspecified atom stereocenters. The molecule has 1 aliphatic carbocycles. The molecule has 0 aromatic heterocycles. The van der Waals surface area contributed by atoms with Gasteiger partial charge in [0.1, 0.15) is 0 Å². The number of likely N-dealkylation sites (N-methyl/N-ethyl adjacent to an activating group) is 1. The summed E-state index contributed by atoms with van der Waals surface area (Å²) in [7, 11) is 0. The van der Waals surface area contributed by atoms with Crippen LogP contribution < -0.4 is 5.32 Å². The molecule has 132 valence electrons. The lowest BCUT2D eigenvalue weighted by molar-refractivity contribution is -0.139. The van der Waals surface area contributed by atoms with Crippen LogP contribution in [0.2, 0.25) is 0 Å². The Balaban J connectivity index is 1.78. The van der Waals surface area contributed by atoms with Crippen molar-refractivity contribution in [2.24, 2.45) is 0 Å². The zero-order valence-electron chi connectivity index (χ0n) is 14.5. The SMILES string of the molecule is CCN(CC(=O)O)C1CC(NC(=O)N2CC(C)OC(C)(C)C2)C1. The molecule has 2 rings (SSSR count). The molecule has 0 aromatic rings. The van der Waals surface area contributed by atoms with Crippen molar-refractivity contribution in [3.8, 4) is 0 Å². The number of carbonyl (C=O) groups excluding carboxylic acids is 1. The van der Waals surface area contributed by atoms with Crippen LogP contribution in [-0.2, 0) is 9.53 Å². The van der Waals surface area contributed by atoms with Crippen molar-refractivity contribution < 1.29 is 19.4 Å². The maximum atomic E-state index is 12.4. The van der Waals surface area contributed by atoms with Crippen molar-refractivity contribution in [2.75, 3.05) is 26.2 Å². The van der Waals surface area contributed by atoms with Crippen molar-refractivity contribution in [2.45, 2.75) is 64.3 Å². The summed E-state index contributed by atoms with van der Waals surface area (Å²) in [6.45, 7) is 9.90. The molecule has 1 heterocycles. The molecule has 2 fully saturated rings. The van der Waals surface area contributed by atoms with Gasteiger partial charge in [-0.3, -0.25) is 9.69 Å². The third-order valence-electron chi connectivity index (χ3n) is 4.56. The maximum Gasteiger partial charge on any atom is 0.317 e. The number of rotatable bonds is 5. The molecular formula is C16H29N3O4. The molecule has 1 atom stereocenters. The van der Waals surface area contributed by atoms with Gasteiger partial charge >= 0.3 is 12.0 Å². The van der Waals surface area contributed by atoms with Crippen LogP contribution in [0.4, 0.5) is 4.79 Å². The minimum atomic E-state index is -0.802. The molecule has 2 aliphatic rings. The summed E-state index contributed by atoms with van der Waals surface area (Å²) in [6, 6.07) is 0.344. The van der Waals surface area contributed by atoms with E-state index in [0.29, 0.717) is 19.6 Å². The zero-order valence-corrected chi connectivity index (χ0v) is 14.5. The highest BCUT2D eigenvalue weighted by atomic mass is 16.5. The summed E-state index contributed by atoms with van der Waals surface area (Å²) in [5.74, 6) is -0.802. The highest BCUT2D eigenvalue weighted by molar-refractivity contribution is 5.75. The second-order valence-electron chi connectivity index (χ2n) is 7.30. The van der Waals surface area contributed by atoms with Crippen molar-refractivity contribution in [1.82, 2.24) is 15.1 Å². The Morgan fingerprint density at radius 3 is 2.57 bits per heavy atom. The molecular weight excluding hydrogens is 298 g/mol. The van der Waals surface area contributed by atoms with E-state index in [2.05, 4.69) is 5.32 Å². The molecule has 0 aromatic carbocycles. The Labute approximate surface area is 138 Å². The number of hydrogen-bond donors (Lipinski definition) is 2. The highest BCUT2D eigenvalue weighted by Gasteiger charge is 2.38. The lowest BCUT2D eigenvalue weighted by Crippen LogP contribution is -2.60. The number of aliphatic carboxylic acids is 1. The van der Waals surface area contributed by atoms with Crippen molar-refractivity contribution >= 4 is 12.0 Å². The number of carboxylic acid groups (broad SMARTS) is 1. The van der Waals surface area contributed by atoms with Crippen LogP contribution in [0.1, 0.15) is 40.5 Å². The number of nitrogens with one attached hydrogen (secondary N) is 1. The van der Waals surface area contributed by atoms with Crippen LogP contribution in [0.3, 0.4) is 0 Å². The molecule has 2 N–H and O–H groups in total. The molecule has 1 aliphatic heterocycles. The number of carboxylic acids is 1. The van der Waals surface area contributed by atoms with Gasteiger partial charge in [0.05, 0.1) is 24.8 Å². The molecule has 1 saturated heterocycles. The van der Waals surface area contributed by atoms with Gasteiger partial charge in [0.25, 0.3) is 0 Å². The second-order valence-corrected chi connectivity index (χ2v) is 7.30. The average molecular weight is 327 g/mol. The van der Waals surface area contributed by atoms with E-state index < -0.39 is 5.97 Å². The summed E-state index contributed by atoms with van der Waals surface area (Å²) in [5.41, 5.74) is -0.322. The molecule has 23 heavy (non-hydrogen) atoms. The van der Waals surface area contributed by atoms with Crippen LogP contribution in [0, 0.1) is 0 Å². The zero-order chi connectivity index (χ0) is 17.2. The fourth-order valence-corrected chi connectivity index (χ4v) is 3.55. The number of amides is 2. The van der Waals surface area contributed by atoms with Gasteiger partial charge in [0.15, 0.2) is 0 Å². The van der Waals surface area contributed by atoms with E-state index >= 15 is 0 Å². The van der Waals surface area contributed by atoms with Gasteiger partial charge in [-0.1, -0.05) is 6.92 Å².